The van der Waals surface area contributed by atoms with Crippen molar-refractivity contribution in [3.05, 3.63) is 46.0 Å². The van der Waals surface area contributed by atoms with Crippen LogP contribution in [0.5, 0.6) is 5.75 Å². The molecule has 1 heterocycles. The summed E-state index contributed by atoms with van der Waals surface area (Å²) in [6.45, 7) is 2.15. The standard InChI is InChI=1S/C15H19BrN2O/c1-4-12-9-11(6-8-14(12)19-3)5-7-13-15(16)17-10-18(13)2/h6,8-10H,4-5,7H2,1-3H3. The summed E-state index contributed by atoms with van der Waals surface area (Å²) in [5.74, 6) is 0.980. The van der Waals surface area contributed by atoms with Gasteiger partial charge in [-0.1, -0.05) is 19.1 Å². The molecule has 0 N–H and O–H groups in total. The van der Waals surface area contributed by atoms with Crippen LogP contribution in [0.25, 0.3) is 0 Å². The van der Waals surface area contributed by atoms with Crippen molar-refractivity contribution in [2.24, 2.45) is 7.05 Å². The molecule has 2 rings (SSSR count). The Morgan fingerprint density at radius 2 is 2.11 bits per heavy atom. The molecular formula is C15H19BrN2O. The quantitative estimate of drug-likeness (QED) is 0.841. The predicted molar refractivity (Wildman–Crippen MR) is 80.7 cm³/mol. The van der Waals surface area contributed by atoms with Crippen LogP contribution >= 0.6 is 15.9 Å². The van der Waals surface area contributed by atoms with Gasteiger partial charge in [-0.05, 0) is 52.4 Å². The third-order valence-corrected chi connectivity index (χ3v) is 4.05. The van der Waals surface area contributed by atoms with Crippen molar-refractivity contribution in [3.63, 3.8) is 0 Å². The molecule has 0 bridgehead atoms. The third kappa shape index (κ3) is 3.18. The van der Waals surface area contributed by atoms with E-state index in [1.807, 2.05) is 13.4 Å². The van der Waals surface area contributed by atoms with Gasteiger partial charge in [-0.25, -0.2) is 4.98 Å². The Morgan fingerprint density at radius 3 is 2.68 bits per heavy atom. The number of aryl methyl sites for hydroxylation is 3. The van der Waals surface area contributed by atoms with Crippen molar-refractivity contribution in [1.82, 2.24) is 9.55 Å². The largest absolute Gasteiger partial charge is 0.496 e. The summed E-state index contributed by atoms with van der Waals surface area (Å²) in [7, 11) is 3.75. The highest BCUT2D eigenvalue weighted by Gasteiger charge is 2.07. The fourth-order valence-electron chi connectivity index (χ4n) is 2.23. The van der Waals surface area contributed by atoms with Crippen LogP contribution in [0, 0.1) is 0 Å². The Morgan fingerprint density at radius 1 is 1.32 bits per heavy atom. The molecule has 102 valence electrons. The summed E-state index contributed by atoms with van der Waals surface area (Å²) in [4.78, 5) is 4.25. The normalized spacial score (nSPS) is 10.7. The van der Waals surface area contributed by atoms with Crippen molar-refractivity contribution in [2.75, 3.05) is 7.11 Å². The summed E-state index contributed by atoms with van der Waals surface area (Å²) in [5, 5.41) is 0. The second-order valence-corrected chi connectivity index (χ2v) is 5.34. The fraction of sp³-hybridized carbons (Fsp3) is 0.400. The zero-order valence-corrected chi connectivity index (χ0v) is 13.2. The van der Waals surface area contributed by atoms with E-state index in [-0.39, 0.29) is 0 Å². The molecule has 0 saturated heterocycles. The zero-order valence-electron chi connectivity index (χ0n) is 11.6. The van der Waals surface area contributed by atoms with E-state index in [1.54, 1.807) is 7.11 Å². The van der Waals surface area contributed by atoms with E-state index in [4.69, 9.17) is 4.74 Å². The molecular weight excluding hydrogens is 304 g/mol. The number of nitrogens with zero attached hydrogens (tertiary/aromatic N) is 2. The minimum Gasteiger partial charge on any atom is -0.496 e. The Bertz CT molecular complexity index is 544. The lowest BCUT2D eigenvalue weighted by Gasteiger charge is -2.09. The van der Waals surface area contributed by atoms with Crippen LogP contribution in [0.15, 0.2) is 29.1 Å². The molecule has 3 nitrogen and oxygen atoms in total. The van der Waals surface area contributed by atoms with Gasteiger partial charge in [0, 0.05) is 7.05 Å². The van der Waals surface area contributed by atoms with Gasteiger partial charge in [0.25, 0.3) is 0 Å². The summed E-state index contributed by atoms with van der Waals surface area (Å²) in [5.41, 5.74) is 3.84. The molecule has 4 heteroatoms. The maximum absolute atomic E-state index is 5.36. The van der Waals surface area contributed by atoms with E-state index in [0.717, 1.165) is 29.6 Å². The second-order valence-electron chi connectivity index (χ2n) is 4.59. The fourth-order valence-corrected chi connectivity index (χ4v) is 2.80. The topological polar surface area (TPSA) is 27.1 Å². The first-order chi connectivity index (χ1) is 9.15. The van der Waals surface area contributed by atoms with E-state index in [9.17, 15) is 0 Å². The van der Waals surface area contributed by atoms with E-state index < -0.39 is 0 Å². The zero-order chi connectivity index (χ0) is 13.8. The number of hydrogen-bond donors (Lipinski definition) is 0. The summed E-state index contributed by atoms with van der Waals surface area (Å²) in [6, 6.07) is 6.44. The summed E-state index contributed by atoms with van der Waals surface area (Å²) >= 11 is 3.49. The number of imidazole rings is 1. The minimum atomic E-state index is 0.944. The molecule has 19 heavy (non-hydrogen) atoms. The maximum Gasteiger partial charge on any atom is 0.127 e. The van der Waals surface area contributed by atoms with E-state index in [0.29, 0.717) is 0 Å². The second kappa shape index (κ2) is 6.24. The van der Waals surface area contributed by atoms with Crippen molar-refractivity contribution in [2.45, 2.75) is 26.2 Å². The first-order valence-corrected chi connectivity index (χ1v) is 7.26. The van der Waals surface area contributed by atoms with Gasteiger partial charge < -0.3 is 9.30 Å². The van der Waals surface area contributed by atoms with Gasteiger partial charge >= 0.3 is 0 Å². The molecule has 0 aliphatic rings. The number of halogens is 1. The third-order valence-electron chi connectivity index (χ3n) is 3.38. The lowest BCUT2D eigenvalue weighted by molar-refractivity contribution is 0.410. The Balaban J connectivity index is 2.12. The molecule has 0 radical (unpaired) electrons. The SMILES string of the molecule is CCc1cc(CCc2c(Br)ncn2C)ccc1OC. The van der Waals surface area contributed by atoms with Crippen molar-refractivity contribution in [3.8, 4) is 5.75 Å². The highest BCUT2D eigenvalue weighted by atomic mass is 79.9. The van der Waals surface area contributed by atoms with Crippen LogP contribution in [0.2, 0.25) is 0 Å². The summed E-state index contributed by atoms with van der Waals surface area (Å²) in [6.07, 6.45) is 4.82. The molecule has 0 spiro atoms. The first kappa shape index (κ1) is 14.1. The number of aromatic nitrogens is 2. The first-order valence-electron chi connectivity index (χ1n) is 6.47. The van der Waals surface area contributed by atoms with Crippen molar-refractivity contribution in [1.29, 1.82) is 0 Å². The maximum atomic E-state index is 5.36. The molecule has 0 saturated carbocycles. The van der Waals surface area contributed by atoms with E-state index in [1.165, 1.54) is 16.8 Å². The molecule has 0 unspecified atom stereocenters. The van der Waals surface area contributed by atoms with Gasteiger partial charge in [0.15, 0.2) is 0 Å². The number of ether oxygens (including phenoxy) is 1. The van der Waals surface area contributed by atoms with Gasteiger partial charge in [-0.15, -0.1) is 0 Å². The average Bonchev–Trinajstić information content (AvgIpc) is 2.75. The molecule has 0 amide bonds. The Hall–Kier alpha value is -1.29. The highest BCUT2D eigenvalue weighted by Crippen LogP contribution is 2.22. The molecule has 0 fully saturated rings. The van der Waals surface area contributed by atoms with E-state index in [2.05, 4.69) is 50.6 Å². The molecule has 0 aliphatic carbocycles. The van der Waals surface area contributed by atoms with Crippen LogP contribution in [-0.2, 0) is 26.3 Å². The van der Waals surface area contributed by atoms with Crippen LogP contribution in [0.4, 0.5) is 0 Å². The van der Waals surface area contributed by atoms with Crippen molar-refractivity contribution >= 4 is 15.9 Å². The average molecular weight is 323 g/mol. The molecule has 0 aliphatic heterocycles. The van der Waals surface area contributed by atoms with Crippen molar-refractivity contribution < 1.29 is 4.74 Å². The number of benzene rings is 1. The molecule has 0 atom stereocenters. The Kier molecular flexibility index (Phi) is 4.64. The lowest BCUT2D eigenvalue weighted by Crippen LogP contribution is -2.00. The van der Waals surface area contributed by atoms with Crippen LogP contribution in [-0.4, -0.2) is 16.7 Å². The lowest BCUT2D eigenvalue weighted by atomic mass is 10.0. The smallest absolute Gasteiger partial charge is 0.127 e. The van der Waals surface area contributed by atoms with Gasteiger partial charge in [0.2, 0.25) is 0 Å². The monoisotopic (exact) mass is 322 g/mol. The van der Waals surface area contributed by atoms with Gasteiger partial charge in [-0.3, -0.25) is 0 Å². The predicted octanol–water partition coefficient (Wildman–Crippen LogP) is 3.54. The molecule has 2 aromatic rings. The highest BCUT2D eigenvalue weighted by molar-refractivity contribution is 9.10. The van der Waals surface area contributed by atoms with Gasteiger partial charge in [0.1, 0.15) is 10.4 Å². The summed E-state index contributed by atoms with van der Waals surface area (Å²) < 4.78 is 8.37. The molecule has 1 aromatic carbocycles. The van der Waals surface area contributed by atoms with Gasteiger partial charge in [-0.2, -0.15) is 0 Å². The Labute approximate surface area is 122 Å². The van der Waals surface area contributed by atoms with Gasteiger partial charge in [0.05, 0.1) is 19.1 Å². The van der Waals surface area contributed by atoms with Crippen LogP contribution in [0.3, 0.4) is 0 Å². The number of rotatable bonds is 5. The molecule has 1 aromatic heterocycles. The van der Waals surface area contributed by atoms with Crippen LogP contribution < -0.4 is 4.74 Å². The number of hydrogen-bond acceptors (Lipinski definition) is 2. The minimum absolute atomic E-state index is 0.944. The number of methoxy groups -OCH3 is 1. The van der Waals surface area contributed by atoms with E-state index >= 15 is 0 Å². The van der Waals surface area contributed by atoms with Crippen LogP contribution in [0.1, 0.15) is 23.7 Å².